The highest BCUT2D eigenvalue weighted by molar-refractivity contribution is 5.83. The number of rotatable bonds is 4. The van der Waals surface area contributed by atoms with Gasteiger partial charge in [0, 0.05) is 6.07 Å². The van der Waals surface area contributed by atoms with E-state index in [1.54, 1.807) is 0 Å². The van der Waals surface area contributed by atoms with Gasteiger partial charge in [0.1, 0.15) is 5.56 Å². The second-order valence-corrected chi connectivity index (χ2v) is 6.15. The van der Waals surface area contributed by atoms with Crippen LogP contribution in [-0.2, 0) is 12.7 Å². The number of nitrogens with zero attached hydrogens (tertiary/aromatic N) is 7. The Kier molecular flexibility index (Phi) is 4.33. The van der Waals surface area contributed by atoms with Crippen molar-refractivity contribution in [1.29, 1.82) is 0 Å². The quantitative estimate of drug-likeness (QED) is 0.304. The van der Waals surface area contributed by atoms with Gasteiger partial charge in [-0.1, -0.05) is 6.07 Å². The normalized spacial score (nSPS) is 11.9. The molecule has 0 radical (unpaired) electrons. The lowest BCUT2D eigenvalue weighted by Crippen LogP contribution is -2.11. The van der Waals surface area contributed by atoms with E-state index in [1.165, 1.54) is 16.9 Å². The van der Waals surface area contributed by atoms with E-state index in [9.17, 15) is 27.7 Å². The first-order chi connectivity index (χ1) is 14.1. The molecular formula is C16H10F4N8O2. The third kappa shape index (κ3) is 3.38. The lowest BCUT2D eigenvalue weighted by atomic mass is 10.1. The van der Waals surface area contributed by atoms with Crippen molar-refractivity contribution in [2.75, 3.05) is 5.73 Å². The van der Waals surface area contributed by atoms with E-state index in [4.69, 9.17) is 5.73 Å². The summed E-state index contributed by atoms with van der Waals surface area (Å²) in [6.45, 7) is -0.187. The van der Waals surface area contributed by atoms with Gasteiger partial charge in [-0.15, -0.1) is 0 Å². The second-order valence-electron chi connectivity index (χ2n) is 6.15. The second kappa shape index (κ2) is 6.75. The highest BCUT2D eigenvalue weighted by Crippen LogP contribution is 2.36. The van der Waals surface area contributed by atoms with E-state index in [0.29, 0.717) is 11.5 Å². The van der Waals surface area contributed by atoms with E-state index >= 15 is 0 Å². The van der Waals surface area contributed by atoms with E-state index < -0.39 is 28.2 Å². The van der Waals surface area contributed by atoms with Gasteiger partial charge in [-0.05, 0) is 11.6 Å². The summed E-state index contributed by atoms with van der Waals surface area (Å²) in [5, 5.41) is 19.1. The summed E-state index contributed by atoms with van der Waals surface area (Å²) in [4.78, 5) is 17.9. The van der Waals surface area contributed by atoms with Gasteiger partial charge in [0.2, 0.25) is 5.95 Å². The fraction of sp³-hybridized carbons (Fsp3) is 0.125. The Morgan fingerprint density at radius 3 is 2.57 bits per heavy atom. The summed E-state index contributed by atoms with van der Waals surface area (Å²) < 4.78 is 55.3. The van der Waals surface area contributed by atoms with Crippen molar-refractivity contribution in [3.05, 3.63) is 63.8 Å². The van der Waals surface area contributed by atoms with Gasteiger partial charge in [-0.25, -0.2) is 13.8 Å². The average Bonchev–Trinajstić information content (AvgIpc) is 3.27. The maximum atomic E-state index is 13.3. The van der Waals surface area contributed by atoms with E-state index in [0.717, 1.165) is 23.1 Å². The van der Waals surface area contributed by atoms with E-state index in [1.807, 2.05) is 0 Å². The predicted molar refractivity (Wildman–Crippen MR) is 94.0 cm³/mol. The first-order valence-electron chi connectivity index (χ1n) is 8.17. The van der Waals surface area contributed by atoms with Crippen molar-refractivity contribution in [1.82, 2.24) is 29.5 Å². The number of benzene rings is 1. The summed E-state index contributed by atoms with van der Waals surface area (Å²) in [7, 11) is 0. The fourth-order valence-electron chi connectivity index (χ4n) is 2.90. The molecule has 0 amide bonds. The monoisotopic (exact) mass is 422 g/mol. The average molecular weight is 422 g/mol. The van der Waals surface area contributed by atoms with Crippen LogP contribution in [0.3, 0.4) is 0 Å². The Bertz CT molecular complexity index is 1280. The van der Waals surface area contributed by atoms with Crippen LogP contribution < -0.4 is 5.73 Å². The lowest BCUT2D eigenvalue weighted by Gasteiger charge is -2.10. The molecule has 14 heteroatoms. The molecule has 1 aromatic carbocycles. The fourth-order valence-corrected chi connectivity index (χ4v) is 2.90. The van der Waals surface area contributed by atoms with Crippen LogP contribution in [0.4, 0.5) is 29.2 Å². The molecular weight excluding hydrogens is 412 g/mol. The zero-order chi connectivity index (χ0) is 21.6. The van der Waals surface area contributed by atoms with Crippen molar-refractivity contribution in [2.24, 2.45) is 0 Å². The number of nitro groups is 1. The van der Waals surface area contributed by atoms with Gasteiger partial charge in [0.25, 0.3) is 5.69 Å². The summed E-state index contributed by atoms with van der Waals surface area (Å²) >= 11 is 0. The highest BCUT2D eigenvalue weighted by atomic mass is 19.4. The van der Waals surface area contributed by atoms with E-state index in [-0.39, 0.29) is 29.5 Å². The van der Waals surface area contributed by atoms with E-state index in [2.05, 4.69) is 20.2 Å². The van der Waals surface area contributed by atoms with Crippen molar-refractivity contribution in [3.63, 3.8) is 0 Å². The first-order valence-corrected chi connectivity index (χ1v) is 8.17. The van der Waals surface area contributed by atoms with Crippen molar-refractivity contribution < 1.29 is 22.5 Å². The zero-order valence-electron chi connectivity index (χ0n) is 14.7. The molecule has 0 bridgehead atoms. The van der Waals surface area contributed by atoms with Gasteiger partial charge < -0.3 is 5.73 Å². The Balaban J connectivity index is 1.79. The van der Waals surface area contributed by atoms with Crippen LogP contribution in [0.5, 0.6) is 0 Å². The number of fused-ring (bicyclic) bond motifs is 1. The number of halogens is 4. The molecule has 154 valence electrons. The Hall–Kier alpha value is -4.10. The Morgan fingerprint density at radius 2 is 1.93 bits per heavy atom. The number of alkyl halides is 3. The largest absolute Gasteiger partial charge is 0.423 e. The summed E-state index contributed by atoms with van der Waals surface area (Å²) in [5.41, 5.74) is 3.55. The van der Waals surface area contributed by atoms with Gasteiger partial charge in [0.15, 0.2) is 17.3 Å². The molecule has 0 spiro atoms. The molecule has 4 aromatic rings. The number of aromatic nitrogens is 6. The van der Waals surface area contributed by atoms with Crippen molar-refractivity contribution >= 4 is 22.7 Å². The topological polar surface area (TPSA) is 131 Å². The first kappa shape index (κ1) is 19.2. The maximum Gasteiger partial charge on any atom is 0.423 e. The molecule has 3 aromatic heterocycles. The summed E-state index contributed by atoms with van der Waals surface area (Å²) in [5.74, 6) is -0.666. The highest BCUT2D eigenvalue weighted by Gasteiger charge is 2.38. The van der Waals surface area contributed by atoms with Crippen LogP contribution in [0.15, 0.2) is 36.8 Å². The molecule has 0 aliphatic carbocycles. The number of nitro benzene ring substituents is 1. The molecule has 0 atom stereocenters. The van der Waals surface area contributed by atoms with Crippen LogP contribution in [0.1, 0.15) is 11.1 Å². The van der Waals surface area contributed by atoms with Crippen molar-refractivity contribution in [2.45, 2.75) is 12.7 Å². The number of anilines is 1. The summed E-state index contributed by atoms with van der Waals surface area (Å²) in [6.07, 6.45) is -1.55. The maximum absolute atomic E-state index is 13.3. The van der Waals surface area contributed by atoms with Gasteiger partial charge in [0.05, 0.1) is 35.4 Å². The van der Waals surface area contributed by atoms with Crippen molar-refractivity contribution in [3.8, 4) is 5.82 Å². The molecule has 0 saturated heterocycles. The molecule has 4 rings (SSSR count). The Labute approximate surface area is 163 Å². The molecule has 10 nitrogen and oxygen atoms in total. The standard InChI is InChI=1S/C16H10F4N8O2/c17-9-4-22-27(7-9)14-10-5-23-26(13(10)24-15(21)25-14)6-8-1-2-12(28(29)30)11(3-8)16(18,19)20/h1-5,7H,6H2,(H2,21,24,25). The molecule has 3 heterocycles. The van der Waals surface area contributed by atoms with Crippen LogP contribution in [0, 0.1) is 15.9 Å². The van der Waals surface area contributed by atoms with Gasteiger partial charge in [-0.3, -0.25) is 10.1 Å². The van der Waals surface area contributed by atoms with Crippen LogP contribution in [-0.4, -0.2) is 34.5 Å². The molecule has 30 heavy (non-hydrogen) atoms. The molecule has 0 aliphatic rings. The Morgan fingerprint density at radius 1 is 1.17 bits per heavy atom. The minimum atomic E-state index is -4.91. The third-order valence-electron chi connectivity index (χ3n) is 4.16. The predicted octanol–water partition coefficient (Wildman–Crippen LogP) is 2.71. The third-order valence-corrected chi connectivity index (χ3v) is 4.16. The molecule has 0 fully saturated rings. The molecule has 0 unspecified atom stereocenters. The minimum absolute atomic E-state index is 0.0989. The molecule has 0 saturated carbocycles. The van der Waals surface area contributed by atoms with Gasteiger partial charge in [-0.2, -0.15) is 33.3 Å². The van der Waals surface area contributed by atoms with Gasteiger partial charge >= 0.3 is 6.18 Å². The lowest BCUT2D eigenvalue weighted by molar-refractivity contribution is -0.388. The summed E-state index contributed by atoms with van der Waals surface area (Å²) in [6, 6.07) is 2.65. The number of hydrogen-bond donors (Lipinski definition) is 1. The molecule has 2 N–H and O–H groups in total. The number of hydrogen-bond acceptors (Lipinski definition) is 7. The SMILES string of the molecule is Nc1nc(-n2cc(F)cn2)c2cnn(Cc3ccc([N+](=O)[O-])c(C(F)(F)F)c3)c2n1. The smallest absolute Gasteiger partial charge is 0.368 e. The number of nitrogens with two attached hydrogens (primary N) is 1. The van der Waals surface area contributed by atoms with Crippen LogP contribution in [0.2, 0.25) is 0 Å². The van der Waals surface area contributed by atoms with Crippen LogP contribution in [0.25, 0.3) is 16.9 Å². The minimum Gasteiger partial charge on any atom is -0.368 e. The van der Waals surface area contributed by atoms with Crippen LogP contribution >= 0.6 is 0 Å². The molecule has 0 aliphatic heterocycles. The zero-order valence-corrected chi connectivity index (χ0v) is 14.7. The number of nitrogen functional groups attached to an aromatic ring is 1.